The summed E-state index contributed by atoms with van der Waals surface area (Å²) < 4.78 is 17.6. The van der Waals surface area contributed by atoms with E-state index in [0.717, 1.165) is 5.57 Å². The van der Waals surface area contributed by atoms with Gasteiger partial charge >= 0.3 is 17.9 Å². The Hall–Kier alpha value is -3.13. The molecule has 0 aromatic heterocycles. The lowest BCUT2D eigenvalue weighted by molar-refractivity contribution is -0.250. The first-order chi connectivity index (χ1) is 22.1. The first kappa shape index (κ1) is 31.2. The number of rotatable bonds is 5. The first-order valence-corrected chi connectivity index (χ1v) is 16.3. The van der Waals surface area contributed by atoms with E-state index >= 15 is 0 Å². The summed E-state index contributed by atoms with van der Waals surface area (Å²) in [5, 5.41) is 67.8. The van der Waals surface area contributed by atoms with E-state index in [4.69, 9.17) is 14.2 Å². The van der Waals surface area contributed by atoms with Crippen LogP contribution in [0.5, 0.6) is 0 Å². The Morgan fingerprint density at radius 2 is 1.74 bits per heavy atom. The minimum atomic E-state index is -2.54. The predicted octanol–water partition coefficient (Wildman–Crippen LogP) is 0.410. The molecule has 0 unspecified atom stereocenters. The van der Waals surface area contributed by atoms with E-state index in [9.17, 15) is 45.0 Å². The van der Waals surface area contributed by atoms with Gasteiger partial charge < -0.3 is 44.8 Å². The smallest absolute Gasteiger partial charge is 0.337 e. The van der Waals surface area contributed by atoms with Crippen molar-refractivity contribution in [3.63, 3.8) is 0 Å². The molecule has 0 amide bonds. The van der Waals surface area contributed by atoms with Crippen molar-refractivity contribution in [1.29, 1.82) is 0 Å². The minimum Gasteiger partial charge on any atom is -0.459 e. The number of fused-ring (bicyclic) bond motifs is 6. The van der Waals surface area contributed by atoms with Crippen molar-refractivity contribution < 1.29 is 59.2 Å². The van der Waals surface area contributed by atoms with Crippen LogP contribution in [0.25, 0.3) is 0 Å². The van der Waals surface area contributed by atoms with Crippen LogP contribution in [0, 0.1) is 34.5 Å². The molecule has 12 heteroatoms. The van der Waals surface area contributed by atoms with E-state index in [1.54, 1.807) is 13.8 Å². The van der Waals surface area contributed by atoms with Gasteiger partial charge in [0.1, 0.15) is 18.3 Å². The van der Waals surface area contributed by atoms with Crippen LogP contribution in [0.15, 0.2) is 56.7 Å². The summed E-state index contributed by atoms with van der Waals surface area (Å²) in [4.78, 5) is 39.6. The number of ether oxygens (including phenoxy) is 3. The first-order valence-electron chi connectivity index (χ1n) is 16.3. The van der Waals surface area contributed by atoms with E-state index < -0.39 is 76.4 Å². The molecule has 252 valence electrons. The Morgan fingerprint density at radius 1 is 1.02 bits per heavy atom. The average molecular weight is 653 g/mol. The third-order valence-electron chi connectivity index (χ3n) is 13.4. The molecule has 47 heavy (non-hydrogen) atoms. The molecule has 2 heterocycles. The zero-order valence-corrected chi connectivity index (χ0v) is 26.7. The Labute approximate surface area is 270 Å². The largest absolute Gasteiger partial charge is 0.459 e. The fourth-order valence-electron chi connectivity index (χ4n) is 11.2. The number of allylic oxidation sites excluding steroid dienone is 1. The van der Waals surface area contributed by atoms with Crippen molar-refractivity contribution in [1.82, 2.24) is 0 Å². The van der Waals surface area contributed by atoms with Gasteiger partial charge in [-0.05, 0) is 79.1 Å². The van der Waals surface area contributed by atoms with Crippen molar-refractivity contribution in [2.45, 2.75) is 82.6 Å². The van der Waals surface area contributed by atoms with Gasteiger partial charge in [0.2, 0.25) is 0 Å². The quantitative estimate of drug-likeness (QED) is 0.136. The molecule has 0 aromatic rings. The number of hydrogen-bond donors (Lipinski definition) is 6. The van der Waals surface area contributed by atoms with E-state index in [0.29, 0.717) is 35.1 Å². The van der Waals surface area contributed by atoms with Crippen LogP contribution >= 0.6 is 0 Å². The lowest BCUT2D eigenvalue weighted by atomic mass is 9.42. The highest BCUT2D eigenvalue weighted by Crippen LogP contribution is 2.80. The molecule has 11 atom stereocenters. The van der Waals surface area contributed by atoms with E-state index in [-0.39, 0.29) is 54.6 Å². The van der Waals surface area contributed by atoms with Crippen LogP contribution in [-0.2, 0) is 28.6 Å². The normalized spacial score (nSPS) is 47.4. The highest BCUT2D eigenvalue weighted by Gasteiger charge is 2.83. The van der Waals surface area contributed by atoms with Crippen molar-refractivity contribution in [2.24, 2.45) is 34.5 Å². The van der Waals surface area contributed by atoms with Crippen LogP contribution in [0.1, 0.15) is 53.4 Å². The number of carbonyl (C=O) groups excluding carboxylic acids is 3. The molecule has 6 aliphatic carbocycles. The highest BCUT2D eigenvalue weighted by atomic mass is 16.7. The Balaban J connectivity index is 1.36. The maximum Gasteiger partial charge on any atom is 0.337 e. The minimum absolute atomic E-state index is 0.000657. The fraction of sp³-hybridized carbons (Fsp3) is 0.629. The van der Waals surface area contributed by atoms with Crippen LogP contribution in [-0.4, -0.2) is 97.6 Å². The predicted molar refractivity (Wildman–Crippen MR) is 159 cm³/mol. The van der Waals surface area contributed by atoms with Crippen molar-refractivity contribution in [3.8, 4) is 0 Å². The molecule has 12 nitrogen and oxygen atoms in total. The number of aliphatic hydroxyl groups excluding tert-OH is 4. The lowest BCUT2D eigenvalue weighted by Gasteiger charge is -2.64. The maximum absolute atomic E-state index is 13.8. The molecule has 8 aliphatic rings. The summed E-state index contributed by atoms with van der Waals surface area (Å²) in [6, 6.07) is 0. The van der Waals surface area contributed by atoms with Gasteiger partial charge in [0.05, 0.1) is 30.3 Å². The van der Waals surface area contributed by atoms with Gasteiger partial charge in [-0.3, -0.25) is 0 Å². The highest BCUT2D eigenvalue weighted by molar-refractivity contribution is 5.98. The molecular formula is C35H40O12. The molecule has 0 aromatic carbocycles. The van der Waals surface area contributed by atoms with Gasteiger partial charge in [-0.1, -0.05) is 19.9 Å². The summed E-state index contributed by atoms with van der Waals surface area (Å²) in [6.07, 6.45) is 1.34. The number of aliphatic hydroxyl groups is 6. The number of hydrogen-bond acceptors (Lipinski definition) is 12. The third-order valence-corrected chi connectivity index (χ3v) is 13.4. The van der Waals surface area contributed by atoms with Crippen LogP contribution in [0.3, 0.4) is 0 Å². The second kappa shape index (κ2) is 9.31. The Kier molecular flexibility index (Phi) is 6.17. The van der Waals surface area contributed by atoms with E-state index in [1.807, 2.05) is 6.08 Å². The molecule has 3 saturated carbocycles. The lowest BCUT2D eigenvalue weighted by Crippen LogP contribution is -2.68. The Bertz CT molecular complexity index is 1730. The third kappa shape index (κ3) is 3.37. The SMILES string of the molecule is CC1=C2C3=C4C(=CC[C@@H](O)[C@]4(C)[C@@H](O)[C@]2(O)OC1=O)C[C@@H]1[C@@]32OC(=O)C(CO)=C2C[C@@H]2[C@](O)(COC(=O)/C=C(\C)CO)[C@H]3C[C@H]3[C@]12C. The molecule has 3 fully saturated rings. The van der Waals surface area contributed by atoms with Gasteiger partial charge in [0.15, 0.2) is 5.60 Å². The standard InChI is InChI=1S/C35H40O12/c1-14(11-36)7-24(39)45-13-33(43)20-9-19(20)31(3)21(33)10-18-17(12-37)29(41)46-34(18)22(31)8-16-5-6-23(38)32(4)26(16)27(34)25-15(2)28(40)47-35(25,44)30(32)42/h5,7,19-23,30,36-38,42-44H,6,8-13H2,1-4H3/b14-7+/t19-,20+,21+,22+,23-,30-,31+,32+,33+,34-,35-/m1/s1. The second-order valence-electron chi connectivity index (χ2n) is 15.3. The van der Waals surface area contributed by atoms with Gasteiger partial charge in [-0.15, -0.1) is 0 Å². The van der Waals surface area contributed by atoms with Gasteiger partial charge in [0, 0.05) is 34.6 Å². The van der Waals surface area contributed by atoms with Crippen LogP contribution < -0.4 is 0 Å². The van der Waals surface area contributed by atoms with Crippen molar-refractivity contribution >= 4 is 17.9 Å². The molecule has 0 saturated heterocycles. The molecule has 8 rings (SSSR count). The zero-order valence-electron chi connectivity index (χ0n) is 26.7. The van der Waals surface area contributed by atoms with Gasteiger partial charge in [0.25, 0.3) is 5.79 Å². The van der Waals surface area contributed by atoms with Gasteiger partial charge in [-0.2, -0.15) is 0 Å². The molecular weight excluding hydrogens is 612 g/mol. The maximum atomic E-state index is 13.8. The van der Waals surface area contributed by atoms with Crippen molar-refractivity contribution in [3.05, 3.63) is 56.7 Å². The summed E-state index contributed by atoms with van der Waals surface area (Å²) in [7, 11) is 0. The molecule has 2 aliphatic heterocycles. The van der Waals surface area contributed by atoms with Gasteiger partial charge in [-0.25, -0.2) is 14.4 Å². The number of carbonyl (C=O) groups is 3. The van der Waals surface area contributed by atoms with Crippen molar-refractivity contribution in [2.75, 3.05) is 19.8 Å². The summed E-state index contributed by atoms with van der Waals surface area (Å²) in [5.74, 6) is -6.24. The topological polar surface area (TPSA) is 200 Å². The molecule has 1 spiro atoms. The fourth-order valence-corrected chi connectivity index (χ4v) is 11.2. The summed E-state index contributed by atoms with van der Waals surface area (Å²) in [6.45, 7) is 5.45. The Morgan fingerprint density at radius 3 is 2.43 bits per heavy atom. The van der Waals surface area contributed by atoms with Crippen LogP contribution in [0.2, 0.25) is 0 Å². The number of esters is 3. The van der Waals surface area contributed by atoms with E-state index in [1.165, 1.54) is 13.0 Å². The molecule has 0 bridgehead atoms. The summed E-state index contributed by atoms with van der Waals surface area (Å²) >= 11 is 0. The van der Waals surface area contributed by atoms with E-state index in [2.05, 4.69) is 6.92 Å². The molecule has 6 N–H and O–H groups in total. The monoisotopic (exact) mass is 652 g/mol. The van der Waals surface area contributed by atoms with Crippen LogP contribution in [0.4, 0.5) is 0 Å². The molecule has 0 radical (unpaired) electrons. The second-order valence-corrected chi connectivity index (χ2v) is 15.3. The average Bonchev–Trinajstić information content (AvgIpc) is 3.71. The zero-order chi connectivity index (χ0) is 33.8. The summed E-state index contributed by atoms with van der Waals surface area (Å²) in [5.41, 5.74) is -2.91.